The van der Waals surface area contributed by atoms with Gasteiger partial charge in [0.2, 0.25) is 0 Å². The summed E-state index contributed by atoms with van der Waals surface area (Å²) in [5.41, 5.74) is 2.37. The summed E-state index contributed by atoms with van der Waals surface area (Å²) in [6, 6.07) is 9.14. The van der Waals surface area contributed by atoms with Gasteiger partial charge in [-0.1, -0.05) is 24.3 Å². The molecule has 0 spiro atoms. The molecule has 0 atom stereocenters. The van der Waals surface area contributed by atoms with E-state index >= 15 is 0 Å². The highest BCUT2D eigenvalue weighted by Gasteiger charge is 2.74. The predicted octanol–water partition coefficient (Wildman–Crippen LogP) is 5.95. The van der Waals surface area contributed by atoms with Crippen molar-refractivity contribution in [3.63, 3.8) is 0 Å². The number of hydrogen-bond donors (Lipinski definition) is 0. The van der Waals surface area contributed by atoms with Gasteiger partial charge in [0.05, 0.1) is 0 Å². The van der Waals surface area contributed by atoms with Crippen LogP contribution >= 0.6 is 0 Å². The van der Waals surface area contributed by atoms with E-state index in [0.29, 0.717) is 17.5 Å². The molecule has 160 valence electrons. The lowest BCUT2D eigenvalue weighted by Crippen LogP contribution is -2.56. The van der Waals surface area contributed by atoms with Crippen molar-refractivity contribution in [1.29, 1.82) is 0 Å². The fraction of sp³-hybridized carbons (Fsp3) is 0.333. The largest absolute Gasteiger partial charge is 0.460 e. The topological polar surface area (TPSA) is 24.7 Å². The molecule has 2 aromatic rings. The second-order valence-electron chi connectivity index (χ2n) is 6.95. The maximum absolute atomic E-state index is 14.3. The Bertz CT molecular complexity index is 1050. The maximum Gasteiger partial charge on any atom is 0.460 e. The molecule has 0 radical (unpaired) electrons. The first-order valence-electron chi connectivity index (χ1n) is 8.85. The number of benzene rings is 2. The van der Waals surface area contributed by atoms with E-state index < -0.39 is 29.3 Å². The van der Waals surface area contributed by atoms with E-state index in [1.807, 2.05) is 13.0 Å². The van der Waals surface area contributed by atoms with E-state index in [2.05, 4.69) is 9.98 Å². The highest BCUT2D eigenvalue weighted by Crippen LogP contribution is 2.48. The Morgan fingerprint density at radius 3 is 1.97 bits per heavy atom. The summed E-state index contributed by atoms with van der Waals surface area (Å²) >= 11 is 0. The normalized spacial score (nSPS) is 15.3. The molecule has 0 saturated heterocycles. The fourth-order valence-corrected chi connectivity index (χ4v) is 3.47. The highest BCUT2D eigenvalue weighted by atomic mass is 19.4. The van der Waals surface area contributed by atoms with Crippen LogP contribution in [0.25, 0.3) is 11.1 Å². The average Bonchev–Trinajstić information content (AvgIpc) is 3.03. The third kappa shape index (κ3) is 3.30. The zero-order valence-corrected chi connectivity index (χ0v) is 16.2. The molecule has 0 aromatic heterocycles. The molecule has 0 unspecified atom stereocenters. The lowest BCUT2D eigenvalue weighted by atomic mass is 9.94. The van der Waals surface area contributed by atoms with Gasteiger partial charge in [-0.15, -0.1) is 0 Å². The van der Waals surface area contributed by atoms with Gasteiger partial charge in [-0.3, -0.25) is 9.98 Å². The van der Waals surface area contributed by atoms with Gasteiger partial charge in [-0.25, -0.2) is 0 Å². The Morgan fingerprint density at radius 2 is 1.40 bits per heavy atom. The summed E-state index contributed by atoms with van der Waals surface area (Å²) < 4.78 is 93.4. The Kier molecular flexibility index (Phi) is 5.28. The number of halogens is 7. The van der Waals surface area contributed by atoms with Gasteiger partial charge in [-0.05, 0) is 53.3 Å². The minimum Gasteiger partial charge on any atom is -0.293 e. The summed E-state index contributed by atoms with van der Waals surface area (Å²) in [6.07, 6.45) is -5.95. The number of nitrogens with zero attached hydrogens (tertiary/aromatic N) is 2. The molecule has 0 N–H and O–H groups in total. The Balaban J connectivity index is 2.08. The maximum atomic E-state index is 14.3. The first kappa shape index (κ1) is 22.0. The quantitative estimate of drug-likeness (QED) is 0.361. The molecule has 3 rings (SSSR count). The molecular weight excluding hydrogens is 413 g/mol. The fourth-order valence-electron chi connectivity index (χ4n) is 3.47. The molecule has 0 aliphatic heterocycles. The highest BCUT2D eigenvalue weighted by molar-refractivity contribution is 6.07. The van der Waals surface area contributed by atoms with Gasteiger partial charge in [0.25, 0.3) is 0 Å². The molecule has 2 aromatic carbocycles. The summed E-state index contributed by atoms with van der Waals surface area (Å²) in [5.74, 6) is -11.8. The Labute approximate surface area is 168 Å². The monoisotopic (exact) mass is 430 g/mol. The van der Waals surface area contributed by atoms with Gasteiger partial charge in [0.1, 0.15) is 5.71 Å². The van der Waals surface area contributed by atoms with Crippen molar-refractivity contribution < 1.29 is 30.7 Å². The van der Waals surface area contributed by atoms with E-state index in [4.69, 9.17) is 0 Å². The first-order valence-corrected chi connectivity index (χ1v) is 8.85. The first-order chi connectivity index (χ1) is 13.8. The Hall–Kier alpha value is -2.71. The lowest BCUT2D eigenvalue weighted by Gasteiger charge is -2.29. The van der Waals surface area contributed by atoms with Crippen LogP contribution in [0.2, 0.25) is 0 Å². The van der Waals surface area contributed by atoms with Crippen molar-refractivity contribution >= 4 is 11.4 Å². The molecule has 0 heterocycles. The van der Waals surface area contributed by atoms with Crippen LogP contribution < -0.4 is 0 Å². The summed E-state index contributed by atoms with van der Waals surface area (Å²) in [6.45, 7) is 1.83. The van der Waals surface area contributed by atoms with Gasteiger partial charge in [-0.2, -0.15) is 30.7 Å². The summed E-state index contributed by atoms with van der Waals surface area (Å²) in [4.78, 5) is 7.22. The van der Waals surface area contributed by atoms with Crippen LogP contribution in [0.3, 0.4) is 0 Å². The second kappa shape index (κ2) is 7.21. The molecule has 1 aliphatic carbocycles. The standard InChI is InChI=1S/C21H17F7N2/c1-11(29-2)12-6-7-16-15(8-12)9-13-4-5-14(10-17(13)16)18(30-3)19(22,23)20(24,25)21(26,27)28/h4-8,10H,9H2,1-3H3/b29-11+,30-18-. The van der Waals surface area contributed by atoms with Crippen LogP contribution in [-0.2, 0) is 6.42 Å². The number of rotatable bonds is 4. The summed E-state index contributed by atoms with van der Waals surface area (Å²) in [7, 11) is 2.40. The van der Waals surface area contributed by atoms with E-state index in [-0.39, 0.29) is 0 Å². The molecular formula is C21H17F7N2. The minimum atomic E-state index is -6.43. The predicted molar refractivity (Wildman–Crippen MR) is 101 cm³/mol. The molecule has 0 bridgehead atoms. The smallest absolute Gasteiger partial charge is 0.293 e. The number of hydrogen-bond acceptors (Lipinski definition) is 2. The van der Waals surface area contributed by atoms with Crippen molar-refractivity contribution in [2.24, 2.45) is 9.98 Å². The van der Waals surface area contributed by atoms with E-state index in [1.54, 1.807) is 19.2 Å². The van der Waals surface area contributed by atoms with Crippen molar-refractivity contribution in [2.45, 2.75) is 31.4 Å². The molecule has 2 nitrogen and oxygen atoms in total. The van der Waals surface area contributed by atoms with E-state index in [9.17, 15) is 30.7 Å². The van der Waals surface area contributed by atoms with Crippen LogP contribution in [0, 0.1) is 0 Å². The van der Waals surface area contributed by atoms with E-state index in [1.165, 1.54) is 12.1 Å². The molecule has 1 aliphatic rings. The zero-order chi connectivity index (χ0) is 22.5. The molecule has 0 fully saturated rings. The molecule has 30 heavy (non-hydrogen) atoms. The van der Waals surface area contributed by atoms with Crippen molar-refractivity contribution in [3.8, 4) is 11.1 Å². The van der Waals surface area contributed by atoms with Gasteiger partial charge in [0.15, 0.2) is 0 Å². The Morgan fingerprint density at radius 1 is 0.767 bits per heavy atom. The van der Waals surface area contributed by atoms with Crippen LogP contribution in [0.4, 0.5) is 30.7 Å². The molecule has 9 heteroatoms. The third-order valence-corrected chi connectivity index (χ3v) is 5.18. The lowest BCUT2D eigenvalue weighted by molar-refractivity contribution is -0.336. The van der Waals surface area contributed by atoms with Crippen LogP contribution in [0.1, 0.15) is 29.2 Å². The van der Waals surface area contributed by atoms with Crippen molar-refractivity contribution in [1.82, 2.24) is 0 Å². The zero-order valence-electron chi connectivity index (χ0n) is 16.2. The van der Waals surface area contributed by atoms with Crippen molar-refractivity contribution in [2.75, 3.05) is 14.1 Å². The van der Waals surface area contributed by atoms with Crippen molar-refractivity contribution in [3.05, 3.63) is 58.7 Å². The van der Waals surface area contributed by atoms with Gasteiger partial charge >= 0.3 is 18.0 Å². The average molecular weight is 430 g/mol. The minimum absolute atomic E-state index is 0.476. The number of aliphatic imine (C=N–C) groups is 2. The molecule has 0 saturated carbocycles. The van der Waals surface area contributed by atoms with Crippen LogP contribution in [-0.4, -0.2) is 43.5 Å². The summed E-state index contributed by atoms with van der Waals surface area (Å²) in [5, 5.41) is 0. The number of fused-ring (bicyclic) bond motifs is 3. The second-order valence-corrected chi connectivity index (χ2v) is 6.95. The third-order valence-electron chi connectivity index (χ3n) is 5.18. The van der Waals surface area contributed by atoms with Crippen LogP contribution in [0.5, 0.6) is 0 Å². The van der Waals surface area contributed by atoms with Crippen LogP contribution in [0.15, 0.2) is 46.4 Å². The number of alkyl halides is 7. The van der Waals surface area contributed by atoms with E-state index in [0.717, 1.165) is 35.5 Å². The van der Waals surface area contributed by atoms with Gasteiger partial charge in [0, 0.05) is 25.4 Å². The molecule has 0 amide bonds. The SMILES string of the molecule is C/N=C(/c1ccc2c(c1)-c1ccc(/C(C)=N/C)cc1C2)C(F)(F)C(F)(F)C(F)(F)F. The van der Waals surface area contributed by atoms with Gasteiger partial charge < -0.3 is 0 Å².